The lowest BCUT2D eigenvalue weighted by Gasteiger charge is -2.15. The maximum absolute atomic E-state index is 12.8. The summed E-state index contributed by atoms with van der Waals surface area (Å²) >= 11 is 5.29. The highest BCUT2D eigenvalue weighted by molar-refractivity contribution is 7.80. The molecule has 0 aliphatic rings. The smallest absolute Gasteiger partial charge is 0.290 e. The second-order valence-electron chi connectivity index (χ2n) is 7.13. The van der Waals surface area contributed by atoms with Crippen molar-refractivity contribution >= 4 is 39.7 Å². The van der Waals surface area contributed by atoms with Gasteiger partial charge in [-0.05, 0) is 55.7 Å². The molecule has 30 heavy (non-hydrogen) atoms. The van der Waals surface area contributed by atoms with Crippen LogP contribution in [-0.4, -0.2) is 20.8 Å². The fourth-order valence-electron chi connectivity index (χ4n) is 3.06. The molecule has 3 rings (SSSR count). The van der Waals surface area contributed by atoms with Crippen molar-refractivity contribution in [3.05, 3.63) is 69.6 Å². The Labute approximate surface area is 180 Å². The summed E-state index contributed by atoms with van der Waals surface area (Å²) < 4.78 is 1.35. The lowest BCUT2D eigenvalue weighted by atomic mass is 10.1. The number of carbonyl (C=O) groups excluding carboxylic acids is 1. The Bertz CT molecular complexity index is 1160. The number of amides is 1. The van der Waals surface area contributed by atoms with E-state index in [1.807, 2.05) is 39.0 Å². The van der Waals surface area contributed by atoms with Gasteiger partial charge in [0.25, 0.3) is 11.5 Å². The van der Waals surface area contributed by atoms with Gasteiger partial charge in [0, 0.05) is 17.6 Å². The first-order valence-electron chi connectivity index (χ1n) is 9.85. The van der Waals surface area contributed by atoms with Gasteiger partial charge in [-0.15, -0.1) is 0 Å². The third-order valence-corrected chi connectivity index (χ3v) is 4.94. The van der Waals surface area contributed by atoms with E-state index in [0.717, 1.165) is 29.7 Å². The van der Waals surface area contributed by atoms with Crippen LogP contribution < -0.4 is 21.7 Å². The first-order valence-corrected chi connectivity index (χ1v) is 10.3. The largest absolute Gasteiger partial charge is 0.331 e. The quantitative estimate of drug-likeness (QED) is 0.430. The molecule has 0 saturated carbocycles. The Morgan fingerprint density at radius 3 is 2.57 bits per heavy atom. The zero-order valence-electron chi connectivity index (χ0n) is 17.3. The third kappa shape index (κ3) is 4.83. The molecule has 0 aliphatic heterocycles. The van der Waals surface area contributed by atoms with Crippen molar-refractivity contribution in [2.45, 2.75) is 40.2 Å². The van der Waals surface area contributed by atoms with Gasteiger partial charge in [0.15, 0.2) is 10.8 Å². The second-order valence-corrected chi connectivity index (χ2v) is 7.54. The summed E-state index contributed by atoms with van der Waals surface area (Å²) in [6, 6.07) is 13.0. The molecule has 3 aromatic rings. The summed E-state index contributed by atoms with van der Waals surface area (Å²) in [5.74, 6) is -0.471. The fraction of sp³-hybridized carbons (Fsp3) is 0.273. The number of hydrogen-bond acceptors (Lipinski definition) is 4. The Balaban J connectivity index is 1.79. The lowest BCUT2D eigenvalue weighted by Crippen LogP contribution is -2.44. The molecule has 1 heterocycles. The summed E-state index contributed by atoms with van der Waals surface area (Å²) in [4.78, 5) is 25.5. The van der Waals surface area contributed by atoms with E-state index in [9.17, 15) is 9.59 Å². The van der Waals surface area contributed by atoms with Crippen LogP contribution in [0, 0.1) is 13.8 Å². The van der Waals surface area contributed by atoms with Crippen LogP contribution in [0.2, 0.25) is 0 Å². The second kappa shape index (κ2) is 9.49. The monoisotopic (exact) mass is 423 g/mol. The number of benzene rings is 2. The van der Waals surface area contributed by atoms with E-state index in [4.69, 9.17) is 12.2 Å². The van der Waals surface area contributed by atoms with Gasteiger partial charge in [0.05, 0.1) is 5.39 Å². The number of anilines is 1. The number of rotatable bonds is 5. The summed E-state index contributed by atoms with van der Waals surface area (Å²) in [7, 11) is 0. The van der Waals surface area contributed by atoms with Gasteiger partial charge in [-0.3, -0.25) is 20.4 Å². The van der Waals surface area contributed by atoms with Gasteiger partial charge in [-0.2, -0.15) is 5.10 Å². The molecule has 0 unspecified atom stereocenters. The third-order valence-electron chi connectivity index (χ3n) is 4.74. The van der Waals surface area contributed by atoms with Gasteiger partial charge in [-0.25, -0.2) is 4.68 Å². The van der Waals surface area contributed by atoms with E-state index >= 15 is 0 Å². The molecular weight excluding hydrogens is 398 g/mol. The number of nitrogens with one attached hydrogen (secondary N) is 3. The molecule has 0 aliphatic carbocycles. The van der Waals surface area contributed by atoms with Crippen LogP contribution in [0.4, 0.5) is 5.69 Å². The van der Waals surface area contributed by atoms with Crippen LogP contribution in [0.15, 0.2) is 47.3 Å². The lowest BCUT2D eigenvalue weighted by molar-refractivity contribution is 0.0938. The number of aryl methyl sites for hydroxylation is 3. The average Bonchev–Trinajstić information content (AvgIpc) is 2.74. The Morgan fingerprint density at radius 2 is 1.83 bits per heavy atom. The van der Waals surface area contributed by atoms with Crippen LogP contribution in [0.1, 0.15) is 41.4 Å². The van der Waals surface area contributed by atoms with Crippen molar-refractivity contribution in [3.8, 4) is 0 Å². The number of aromatic nitrogens is 2. The van der Waals surface area contributed by atoms with Crippen LogP contribution in [0.25, 0.3) is 10.8 Å². The molecule has 0 fully saturated rings. The van der Waals surface area contributed by atoms with Crippen LogP contribution >= 0.6 is 12.2 Å². The van der Waals surface area contributed by atoms with Crippen molar-refractivity contribution in [1.82, 2.24) is 20.6 Å². The highest BCUT2D eigenvalue weighted by Crippen LogP contribution is 2.16. The minimum Gasteiger partial charge on any atom is -0.331 e. The summed E-state index contributed by atoms with van der Waals surface area (Å²) in [5.41, 5.74) is 8.25. The summed E-state index contributed by atoms with van der Waals surface area (Å²) in [6.07, 6.45) is 1.72. The van der Waals surface area contributed by atoms with E-state index in [2.05, 4.69) is 21.3 Å². The number of unbranched alkanes of at least 4 members (excludes halogenated alkanes) is 1. The van der Waals surface area contributed by atoms with Gasteiger partial charge in [-0.1, -0.05) is 43.7 Å². The molecule has 7 nitrogen and oxygen atoms in total. The number of nitrogens with zero attached hydrogens (tertiary/aromatic N) is 2. The van der Waals surface area contributed by atoms with Crippen LogP contribution in [0.3, 0.4) is 0 Å². The molecule has 2 aromatic carbocycles. The fourth-order valence-corrected chi connectivity index (χ4v) is 3.22. The van der Waals surface area contributed by atoms with E-state index in [1.54, 1.807) is 24.3 Å². The number of hydrogen-bond donors (Lipinski definition) is 3. The molecular formula is C22H25N5O2S. The number of hydrazine groups is 1. The molecule has 1 amide bonds. The van der Waals surface area contributed by atoms with Crippen molar-refractivity contribution in [3.63, 3.8) is 0 Å². The topological polar surface area (TPSA) is 88.1 Å². The van der Waals surface area contributed by atoms with Crippen molar-refractivity contribution in [2.75, 3.05) is 5.32 Å². The maximum Gasteiger partial charge on any atom is 0.290 e. The van der Waals surface area contributed by atoms with Crippen molar-refractivity contribution < 1.29 is 4.79 Å². The Kier molecular flexibility index (Phi) is 6.79. The first-order chi connectivity index (χ1) is 14.4. The predicted octanol–water partition coefficient (Wildman–Crippen LogP) is 3.44. The SMILES string of the molecule is CCCCn1nc(C(=O)NNC(=S)Nc2cc(C)ccc2C)c2ccccc2c1=O. The molecule has 0 saturated heterocycles. The molecule has 8 heteroatoms. The van der Waals surface area contributed by atoms with E-state index < -0.39 is 5.91 Å². The van der Waals surface area contributed by atoms with Gasteiger partial charge in [0.1, 0.15) is 0 Å². The van der Waals surface area contributed by atoms with E-state index in [1.165, 1.54) is 4.68 Å². The maximum atomic E-state index is 12.8. The van der Waals surface area contributed by atoms with Crippen LogP contribution in [0.5, 0.6) is 0 Å². The standard InChI is InChI=1S/C22H25N5O2S/c1-4-5-12-27-21(29)17-9-7-6-8-16(17)19(26-27)20(28)24-25-22(30)23-18-13-14(2)10-11-15(18)3/h6-11,13H,4-5,12H2,1-3H3,(H,24,28)(H2,23,25,30). The van der Waals surface area contributed by atoms with Gasteiger partial charge >= 0.3 is 0 Å². The van der Waals surface area contributed by atoms with Crippen molar-refractivity contribution in [2.24, 2.45) is 0 Å². The predicted molar refractivity (Wildman–Crippen MR) is 124 cm³/mol. The minimum absolute atomic E-state index is 0.170. The Morgan fingerprint density at radius 1 is 1.10 bits per heavy atom. The van der Waals surface area contributed by atoms with Gasteiger partial charge < -0.3 is 5.32 Å². The summed E-state index contributed by atoms with van der Waals surface area (Å²) in [5, 5.41) is 8.60. The summed E-state index contributed by atoms with van der Waals surface area (Å²) in [6.45, 7) is 6.46. The van der Waals surface area contributed by atoms with Gasteiger partial charge in [0.2, 0.25) is 0 Å². The average molecular weight is 424 g/mol. The molecule has 0 radical (unpaired) electrons. The Hall–Kier alpha value is -3.26. The highest BCUT2D eigenvalue weighted by atomic mass is 32.1. The molecule has 0 bridgehead atoms. The van der Waals surface area contributed by atoms with Crippen molar-refractivity contribution in [1.29, 1.82) is 0 Å². The zero-order valence-corrected chi connectivity index (χ0v) is 18.1. The number of thiocarbonyl (C=S) groups is 1. The number of fused-ring (bicyclic) bond motifs is 1. The van der Waals surface area contributed by atoms with E-state index in [-0.39, 0.29) is 16.4 Å². The molecule has 0 atom stereocenters. The minimum atomic E-state index is -0.471. The molecule has 0 spiro atoms. The first kappa shape index (κ1) is 21.4. The molecule has 3 N–H and O–H groups in total. The molecule has 1 aromatic heterocycles. The highest BCUT2D eigenvalue weighted by Gasteiger charge is 2.16. The van der Waals surface area contributed by atoms with Crippen LogP contribution in [-0.2, 0) is 6.54 Å². The number of carbonyl (C=O) groups is 1. The van der Waals surface area contributed by atoms with E-state index in [0.29, 0.717) is 17.3 Å². The normalized spacial score (nSPS) is 10.6. The molecule has 156 valence electrons. The zero-order chi connectivity index (χ0) is 21.7.